The van der Waals surface area contributed by atoms with E-state index in [2.05, 4.69) is 24.9 Å². The SMILES string of the molecule is COc1c(-c2ccc(N)nc2)ccc(C)c1C. The molecule has 0 unspecified atom stereocenters. The number of methoxy groups -OCH3 is 1. The summed E-state index contributed by atoms with van der Waals surface area (Å²) in [6.45, 7) is 4.13. The van der Waals surface area contributed by atoms with Gasteiger partial charge in [0.1, 0.15) is 11.6 Å². The van der Waals surface area contributed by atoms with E-state index in [1.165, 1.54) is 5.56 Å². The van der Waals surface area contributed by atoms with E-state index < -0.39 is 0 Å². The number of ether oxygens (including phenoxy) is 1. The predicted molar refractivity (Wildman–Crippen MR) is 70.1 cm³/mol. The van der Waals surface area contributed by atoms with E-state index in [0.717, 1.165) is 22.4 Å². The second-order valence-electron chi connectivity index (χ2n) is 4.06. The summed E-state index contributed by atoms with van der Waals surface area (Å²) in [6, 6.07) is 7.89. The first kappa shape index (κ1) is 11.5. The lowest BCUT2D eigenvalue weighted by atomic mass is 10.00. The summed E-state index contributed by atoms with van der Waals surface area (Å²) in [4.78, 5) is 4.11. The van der Waals surface area contributed by atoms with Crippen LogP contribution in [0.5, 0.6) is 5.75 Å². The maximum Gasteiger partial charge on any atom is 0.129 e. The van der Waals surface area contributed by atoms with Crippen molar-refractivity contribution in [3.05, 3.63) is 41.6 Å². The number of benzene rings is 1. The molecule has 3 heteroatoms. The summed E-state index contributed by atoms with van der Waals surface area (Å²) >= 11 is 0. The molecule has 0 bridgehead atoms. The topological polar surface area (TPSA) is 48.1 Å². The molecule has 0 radical (unpaired) electrons. The van der Waals surface area contributed by atoms with Crippen molar-refractivity contribution in [2.75, 3.05) is 12.8 Å². The highest BCUT2D eigenvalue weighted by molar-refractivity contribution is 5.72. The Morgan fingerprint density at radius 3 is 2.47 bits per heavy atom. The van der Waals surface area contributed by atoms with Crippen molar-refractivity contribution in [2.24, 2.45) is 0 Å². The summed E-state index contributed by atoms with van der Waals surface area (Å²) in [5, 5.41) is 0. The van der Waals surface area contributed by atoms with Crippen LogP contribution in [-0.4, -0.2) is 12.1 Å². The minimum Gasteiger partial charge on any atom is -0.496 e. The Labute approximate surface area is 101 Å². The number of rotatable bonds is 2. The molecule has 1 aromatic carbocycles. The lowest BCUT2D eigenvalue weighted by Gasteiger charge is -2.13. The van der Waals surface area contributed by atoms with Gasteiger partial charge in [-0.15, -0.1) is 0 Å². The quantitative estimate of drug-likeness (QED) is 0.859. The number of nitrogens with two attached hydrogens (primary N) is 1. The van der Waals surface area contributed by atoms with Crippen LogP contribution in [0.3, 0.4) is 0 Å². The normalized spacial score (nSPS) is 10.3. The molecular formula is C14H16N2O. The zero-order valence-electron chi connectivity index (χ0n) is 10.3. The second-order valence-corrected chi connectivity index (χ2v) is 4.06. The van der Waals surface area contributed by atoms with E-state index in [1.54, 1.807) is 19.4 Å². The molecule has 1 aromatic heterocycles. The van der Waals surface area contributed by atoms with Gasteiger partial charge in [-0.2, -0.15) is 0 Å². The fraction of sp³-hybridized carbons (Fsp3) is 0.214. The molecule has 17 heavy (non-hydrogen) atoms. The van der Waals surface area contributed by atoms with Gasteiger partial charge in [-0.05, 0) is 37.1 Å². The van der Waals surface area contributed by atoms with Crippen molar-refractivity contribution in [1.29, 1.82) is 0 Å². The summed E-state index contributed by atoms with van der Waals surface area (Å²) < 4.78 is 5.48. The molecule has 0 spiro atoms. The van der Waals surface area contributed by atoms with Gasteiger partial charge in [0.05, 0.1) is 7.11 Å². The zero-order chi connectivity index (χ0) is 12.4. The number of nitrogens with zero attached hydrogens (tertiary/aromatic N) is 1. The third-order valence-electron chi connectivity index (χ3n) is 2.98. The maximum atomic E-state index is 5.59. The third-order valence-corrected chi connectivity index (χ3v) is 2.98. The van der Waals surface area contributed by atoms with Crippen LogP contribution < -0.4 is 10.5 Å². The lowest BCUT2D eigenvalue weighted by molar-refractivity contribution is 0.413. The van der Waals surface area contributed by atoms with E-state index in [0.29, 0.717) is 5.82 Å². The van der Waals surface area contributed by atoms with Crippen molar-refractivity contribution in [3.8, 4) is 16.9 Å². The van der Waals surface area contributed by atoms with Gasteiger partial charge in [0.2, 0.25) is 0 Å². The largest absolute Gasteiger partial charge is 0.496 e. The molecule has 3 nitrogen and oxygen atoms in total. The van der Waals surface area contributed by atoms with Gasteiger partial charge in [-0.3, -0.25) is 0 Å². The standard InChI is InChI=1S/C14H16N2O/c1-9-4-6-12(14(17-3)10(9)2)11-5-7-13(15)16-8-11/h4-8H,1-3H3,(H2,15,16). The summed E-state index contributed by atoms with van der Waals surface area (Å²) in [5.74, 6) is 1.42. The Hall–Kier alpha value is -2.03. The molecule has 2 rings (SSSR count). The summed E-state index contributed by atoms with van der Waals surface area (Å²) in [5.41, 5.74) is 10.0. The van der Waals surface area contributed by atoms with Crippen LogP contribution in [0.2, 0.25) is 0 Å². The number of hydrogen-bond donors (Lipinski definition) is 1. The predicted octanol–water partition coefficient (Wildman–Crippen LogP) is 2.96. The van der Waals surface area contributed by atoms with E-state index in [4.69, 9.17) is 10.5 Å². The van der Waals surface area contributed by atoms with Crippen molar-refractivity contribution in [3.63, 3.8) is 0 Å². The molecule has 0 aliphatic carbocycles. The number of nitrogen functional groups attached to an aromatic ring is 1. The molecule has 2 aromatic rings. The van der Waals surface area contributed by atoms with Gasteiger partial charge < -0.3 is 10.5 Å². The highest BCUT2D eigenvalue weighted by Crippen LogP contribution is 2.34. The van der Waals surface area contributed by atoms with Crippen LogP contribution in [0, 0.1) is 13.8 Å². The smallest absolute Gasteiger partial charge is 0.129 e. The first-order valence-corrected chi connectivity index (χ1v) is 5.49. The van der Waals surface area contributed by atoms with Crippen LogP contribution in [0.4, 0.5) is 5.82 Å². The van der Waals surface area contributed by atoms with Crippen LogP contribution in [-0.2, 0) is 0 Å². The van der Waals surface area contributed by atoms with Gasteiger partial charge in [0.25, 0.3) is 0 Å². The average molecular weight is 228 g/mol. The van der Waals surface area contributed by atoms with E-state index in [-0.39, 0.29) is 0 Å². The Morgan fingerprint density at radius 1 is 1.12 bits per heavy atom. The van der Waals surface area contributed by atoms with Crippen LogP contribution in [0.1, 0.15) is 11.1 Å². The molecule has 88 valence electrons. The molecule has 0 saturated heterocycles. The molecule has 0 fully saturated rings. The summed E-state index contributed by atoms with van der Waals surface area (Å²) in [7, 11) is 1.69. The van der Waals surface area contributed by atoms with E-state index in [9.17, 15) is 0 Å². The first-order chi connectivity index (χ1) is 8.13. The fourth-order valence-corrected chi connectivity index (χ4v) is 1.85. The third kappa shape index (κ3) is 2.09. The van der Waals surface area contributed by atoms with Crippen LogP contribution in [0.25, 0.3) is 11.1 Å². The zero-order valence-corrected chi connectivity index (χ0v) is 10.3. The molecule has 0 amide bonds. The second kappa shape index (κ2) is 4.45. The number of pyridine rings is 1. The van der Waals surface area contributed by atoms with Gasteiger partial charge in [-0.1, -0.05) is 12.1 Å². The highest BCUT2D eigenvalue weighted by Gasteiger charge is 2.10. The van der Waals surface area contributed by atoms with Gasteiger partial charge in [-0.25, -0.2) is 4.98 Å². The number of aryl methyl sites for hydroxylation is 1. The molecule has 0 atom stereocenters. The Kier molecular flexibility index (Phi) is 3.00. The van der Waals surface area contributed by atoms with E-state index >= 15 is 0 Å². The summed E-state index contributed by atoms with van der Waals surface area (Å²) in [6.07, 6.45) is 1.77. The Bertz CT molecular complexity index is 533. The minimum atomic E-state index is 0.525. The van der Waals surface area contributed by atoms with Crippen LogP contribution in [0.15, 0.2) is 30.5 Å². The van der Waals surface area contributed by atoms with Crippen molar-refractivity contribution in [2.45, 2.75) is 13.8 Å². The van der Waals surface area contributed by atoms with Gasteiger partial charge in [0.15, 0.2) is 0 Å². The van der Waals surface area contributed by atoms with Crippen LogP contribution >= 0.6 is 0 Å². The van der Waals surface area contributed by atoms with Crippen molar-refractivity contribution >= 4 is 5.82 Å². The Balaban J connectivity index is 2.59. The molecule has 2 N–H and O–H groups in total. The van der Waals surface area contributed by atoms with Gasteiger partial charge in [0, 0.05) is 17.3 Å². The lowest BCUT2D eigenvalue weighted by Crippen LogP contribution is -1.95. The number of aromatic nitrogens is 1. The molecule has 0 aliphatic rings. The highest BCUT2D eigenvalue weighted by atomic mass is 16.5. The maximum absolute atomic E-state index is 5.59. The number of hydrogen-bond acceptors (Lipinski definition) is 3. The molecule has 0 aliphatic heterocycles. The molecule has 1 heterocycles. The number of anilines is 1. The monoisotopic (exact) mass is 228 g/mol. The molecular weight excluding hydrogens is 212 g/mol. The fourth-order valence-electron chi connectivity index (χ4n) is 1.85. The molecule has 0 saturated carbocycles. The average Bonchev–Trinajstić information content (AvgIpc) is 2.34. The minimum absolute atomic E-state index is 0.525. The first-order valence-electron chi connectivity index (χ1n) is 5.49. The van der Waals surface area contributed by atoms with Gasteiger partial charge >= 0.3 is 0 Å². The van der Waals surface area contributed by atoms with E-state index in [1.807, 2.05) is 12.1 Å². The van der Waals surface area contributed by atoms with Crippen molar-refractivity contribution in [1.82, 2.24) is 4.98 Å². The van der Waals surface area contributed by atoms with Crippen molar-refractivity contribution < 1.29 is 4.74 Å². The Morgan fingerprint density at radius 2 is 1.88 bits per heavy atom.